The first-order valence-electron chi connectivity index (χ1n) is 25.0. The maximum Gasteiger partial charge on any atom is 0.343 e. The lowest BCUT2D eigenvalue weighted by molar-refractivity contribution is -0.116. The molecule has 6 aliphatic rings. The molecule has 10 unspecified atom stereocenters. The number of aryl methyl sites for hydroxylation is 2. The summed E-state index contributed by atoms with van der Waals surface area (Å²) in [5, 5.41) is 41.2. The first-order valence-corrected chi connectivity index (χ1v) is 25.0. The number of hydrogen-bond donors (Lipinski definition) is 5. The molecule has 5 bridgehead atoms. The van der Waals surface area contributed by atoms with Gasteiger partial charge in [0.25, 0.3) is 5.91 Å². The molecule has 0 spiro atoms. The highest BCUT2D eigenvalue weighted by atomic mass is 16.7. The number of hydrogen-bond acceptors (Lipinski definition) is 16. The number of rotatable bonds is 8. The number of ketones is 1. The Kier molecular flexibility index (Phi) is 17.5. The van der Waals surface area contributed by atoms with Crippen molar-refractivity contribution in [1.82, 2.24) is 30.1 Å². The third kappa shape index (κ3) is 11.7. The summed E-state index contributed by atoms with van der Waals surface area (Å²) in [5.74, 6) is -3.51. The van der Waals surface area contributed by atoms with Gasteiger partial charge in [-0.15, -0.1) is 0 Å². The fourth-order valence-corrected chi connectivity index (χ4v) is 10.4. The number of hydrazine groups is 1. The average Bonchev–Trinajstić information content (AvgIpc) is 3.68. The van der Waals surface area contributed by atoms with Gasteiger partial charge in [0.15, 0.2) is 5.43 Å². The molecule has 0 radical (unpaired) electrons. The molecule has 18 nitrogen and oxygen atoms in total. The molecule has 5 N–H and O–H groups in total. The molecule has 2 saturated heterocycles. The lowest BCUT2D eigenvalue weighted by Crippen LogP contribution is -2.51. The van der Waals surface area contributed by atoms with E-state index in [0.29, 0.717) is 45.9 Å². The molecular weight excluding hydrogens is 911 g/mol. The molecule has 2 fully saturated rings. The van der Waals surface area contributed by atoms with E-state index in [1.54, 1.807) is 58.9 Å². The number of carbonyl (C=O) groups excluding carboxylic acids is 3. The van der Waals surface area contributed by atoms with Crippen LogP contribution >= 0.6 is 0 Å². The standard InChI is InChI=1S/C53H75N7O11/c1-11-58-29-38(40(61)27-42(58)59-20-16-56(8)17-21-59)52(67)70-50-33(5)41(68-10)15-24-69-53-48(65)44-43-36(25-32(4)49(44)71-53)26-39(37(47(43)64)28-54-60-22-18-57(9)19-23-60)55-51(66)31(3)14-12-13-30(2)45(62)34(6)46(63)35(50)7/h12-15,24-25,27,29-30,33-35,41,45-47,50,53-54,62-64H,11,16-23,26,28H2,1-10H3,(H,55,66)/b13-12+,24-15+,31-14-. The predicted molar refractivity (Wildman–Crippen MR) is 269 cm³/mol. The van der Waals surface area contributed by atoms with Crippen LogP contribution in [0, 0.1) is 30.6 Å². The van der Waals surface area contributed by atoms with Crippen LogP contribution in [-0.2, 0) is 32.0 Å². The Hall–Kier alpha value is -5.18. The molecular formula is C53H75N7O11. The van der Waals surface area contributed by atoms with Gasteiger partial charge >= 0.3 is 12.3 Å². The number of aliphatic hydroxyl groups excluding tert-OH is 3. The number of piperazine rings is 2. The van der Waals surface area contributed by atoms with Gasteiger partial charge in [0.2, 0.25) is 5.78 Å². The van der Waals surface area contributed by atoms with Gasteiger partial charge < -0.3 is 58.9 Å². The van der Waals surface area contributed by atoms with Crippen LogP contribution in [0.25, 0.3) is 0 Å². The Morgan fingerprint density at radius 1 is 0.887 bits per heavy atom. The summed E-state index contributed by atoms with van der Waals surface area (Å²) >= 11 is 0. The van der Waals surface area contributed by atoms with E-state index in [0.717, 1.165) is 52.4 Å². The van der Waals surface area contributed by atoms with Gasteiger partial charge in [-0.05, 0) is 57.6 Å². The molecule has 0 saturated carbocycles. The van der Waals surface area contributed by atoms with E-state index < -0.39 is 77.7 Å². The third-order valence-corrected chi connectivity index (χ3v) is 15.2. The monoisotopic (exact) mass is 986 g/mol. The van der Waals surface area contributed by atoms with Crippen molar-refractivity contribution in [3.05, 3.63) is 104 Å². The van der Waals surface area contributed by atoms with E-state index in [-0.39, 0.29) is 35.7 Å². The Balaban J connectivity index is 1.22. The number of Topliss-reactive ketones (excluding diaryl/α,β-unsaturated/α-hetero) is 1. The molecule has 1 aliphatic carbocycles. The Bertz CT molecular complexity index is 2470. The molecule has 8 rings (SSSR count). The number of esters is 1. The minimum atomic E-state index is -1.41. The highest BCUT2D eigenvalue weighted by Crippen LogP contribution is 2.45. The van der Waals surface area contributed by atoms with Crippen molar-refractivity contribution in [2.24, 2.45) is 23.7 Å². The second-order valence-electron chi connectivity index (χ2n) is 20.1. The minimum Gasteiger partial charge on any atom is -0.458 e. The number of ether oxygens (including phenoxy) is 4. The highest BCUT2D eigenvalue weighted by Gasteiger charge is 2.44. The SMILES string of the molecule is CCn1cc(C(=O)OC2C(C)C(OC)/C=C/OC3Oc4c(C)cc5c(c4C3=O)C(O)C(CNN3CCN(C)CC3)=C(C5)NC(=O)/C(C)=C\C=C\C(C)C(O)C(C)C(O)C2C)c(=O)cc1N1CCN(C)CC1. The Morgan fingerprint density at radius 3 is 2.23 bits per heavy atom. The summed E-state index contributed by atoms with van der Waals surface area (Å²) in [6.07, 6.45) is 2.79. The van der Waals surface area contributed by atoms with Gasteiger partial charge in [0.1, 0.15) is 29.3 Å². The Morgan fingerprint density at radius 2 is 1.56 bits per heavy atom. The third-order valence-electron chi connectivity index (χ3n) is 15.2. The molecule has 1 aromatic carbocycles. The van der Waals surface area contributed by atoms with Crippen molar-refractivity contribution < 1.29 is 48.7 Å². The number of nitrogens with one attached hydrogen (secondary N) is 2. The van der Waals surface area contributed by atoms with Crippen molar-refractivity contribution in [1.29, 1.82) is 0 Å². The van der Waals surface area contributed by atoms with Gasteiger partial charge in [0, 0.05) is 132 Å². The second-order valence-corrected chi connectivity index (χ2v) is 20.1. The molecule has 5 aliphatic heterocycles. The zero-order chi connectivity index (χ0) is 51.4. The van der Waals surface area contributed by atoms with Crippen molar-refractivity contribution in [2.45, 2.75) is 98.2 Å². The molecule has 71 heavy (non-hydrogen) atoms. The van der Waals surface area contributed by atoms with Crippen LogP contribution in [-0.4, -0.2) is 163 Å². The zero-order valence-corrected chi connectivity index (χ0v) is 43.0. The largest absolute Gasteiger partial charge is 0.458 e. The number of benzene rings is 1. The molecule has 1 amide bonds. The summed E-state index contributed by atoms with van der Waals surface area (Å²) in [6.45, 7) is 19.5. The first-order chi connectivity index (χ1) is 33.8. The molecule has 2 aromatic rings. The van der Waals surface area contributed by atoms with Crippen LogP contribution in [0.4, 0.5) is 5.82 Å². The van der Waals surface area contributed by atoms with Crippen LogP contribution in [0.1, 0.15) is 85.1 Å². The number of methoxy groups -OCH3 is 1. The number of amides is 1. The van der Waals surface area contributed by atoms with Crippen LogP contribution in [0.2, 0.25) is 0 Å². The van der Waals surface area contributed by atoms with Crippen molar-refractivity contribution in [3.63, 3.8) is 0 Å². The number of carbonyl (C=O) groups is 3. The van der Waals surface area contributed by atoms with Gasteiger partial charge in [-0.2, -0.15) is 0 Å². The minimum absolute atomic E-state index is 0.163. The van der Waals surface area contributed by atoms with Crippen LogP contribution in [0.3, 0.4) is 0 Å². The van der Waals surface area contributed by atoms with E-state index in [1.165, 1.54) is 25.6 Å². The maximum absolute atomic E-state index is 14.4. The molecule has 6 heterocycles. The zero-order valence-electron chi connectivity index (χ0n) is 43.0. The second kappa shape index (κ2) is 23.1. The molecule has 388 valence electrons. The van der Waals surface area contributed by atoms with E-state index in [1.807, 2.05) is 24.5 Å². The summed E-state index contributed by atoms with van der Waals surface area (Å²) in [6, 6.07) is 3.34. The quantitative estimate of drug-likeness (QED) is 0.241. The van der Waals surface area contributed by atoms with E-state index in [9.17, 15) is 34.5 Å². The van der Waals surface area contributed by atoms with Crippen LogP contribution in [0.15, 0.2) is 70.5 Å². The highest BCUT2D eigenvalue weighted by molar-refractivity contribution is 6.06. The van der Waals surface area contributed by atoms with Crippen LogP contribution in [0.5, 0.6) is 5.75 Å². The summed E-state index contributed by atoms with van der Waals surface area (Å²) in [5.41, 5.74) is 6.10. The first kappa shape index (κ1) is 53.6. The summed E-state index contributed by atoms with van der Waals surface area (Å²) in [4.78, 5) is 62.9. The molecule has 1 aromatic heterocycles. The number of aliphatic hydroxyl groups is 3. The lowest BCUT2D eigenvalue weighted by Gasteiger charge is -2.38. The number of anilines is 1. The summed E-state index contributed by atoms with van der Waals surface area (Å²) < 4.78 is 26.3. The fraction of sp³-hybridized carbons (Fsp3) is 0.585. The van der Waals surface area contributed by atoms with Gasteiger partial charge in [-0.1, -0.05) is 52.0 Å². The number of pyridine rings is 1. The van der Waals surface area contributed by atoms with Crippen molar-refractivity contribution >= 4 is 23.5 Å². The topological polar surface area (TPSA) is 208 Å². The van der Waals surface area contributed by atoms with Gasteiger partial charge in [-0.3, -0.25) is 19.8 Å². The smallest absolute Gasteiger partial charge is 0.343 e. The lowest BCUT2D eigenvalue weighted by atomic mass is 9.78. The summed E-state index contributed by atoms with van der Waals surface area (Å²) in [7, 11) is 5.59. The fourth-order valence-electron chi connectivity index (χ4n) is 10.4. The number of allylic oxidation sites excluding steroid dienone is 3. The normalized spacial score (nSPS) is 31.3. The van der Waals surface area contributed by atoms with Gasteiger partial charge in [-0.25, -0.2) is 9.80 Å². The number of aromatic nitrogens is 1. The molecule has 10 atom stereocenters. The van der Waals surface area contributed by atoms with Gasteiger partial charge in [0.05, 0.1) is 30.1 Å². The van der Waals surface area contributed by atoms with Crippen molar-refractivity contribution in [3.8, 4) is 5.75 Å². The number of likely N-dealkylation sites (N-methyl/N-ethyl adjacent to an activating group) is 2. The average molecular weight is 986 g/mol. The van der Waals surface area contributed by atoms with E-state index in [2.05, 4.69) is 44.5 Å². The van der Waals surface area contributed by atoms with E-state index in [4.69, 9.17) is 18.9 Å². The van der Waals surface area contributed by atoms with Crippen molar-refractivity contribution in [2.75, 3.05) is 85.0 Å². The Labute approximate surface area is 417 Å². The predicted octanol–water partition coefficient (Wildman–Crippen LogP) is 3.09. The van der Waals surface area contributed by atoms with E-state index >= 15 is 0 Å². The van der Waals surface area contributed by atoms with Crippen LogP contribution < -0.4 is 25.8 Å². The molecule has 18 heteroatoms. The number of nitrogens with zero attached hydrogens (tertiary/aromatic N) is 5. The maximum atomic E-state index is 14.4. The number of fused-ring (bicyclic) bond motifs is 14.